The average molecular weight is 362 g/mol. The van der Waals surface area contributed by atoms with Crippen LogP contribution < -0.4 is 9.47 Å². The van der Waals surface area contributed by atoms with Crippen molar-refractivity contribution < 1.29 is 27.4 Å². The lowest BCUT2D eigenvalue weighted by Gasteiger charge is -2.23. The molecular weight excluding hydrogens is 345 g/mol. The van der Waals surface area contributed by atoms with Crippen LogP contribution in [-0.4, -0.2) is 19.3 Å². The molecule has 0 saturated carbocycles. The van der Waals surface area contributed by atoms with Crippen LogP contribution in [0.5, 0.6) is 11.5 Å². The monoisotopic (exact) mass is 362 g/mol. The third kappa shape index (κ3) is 4.45. The quantitative estimate of drug-likeness (QED) is 0.757. The second-order valence-electron chi connectivity index (χ2n) is 6.09. The van der Waals surface area contributed by atoms with E-state index in [4.69, 9.17) is 4.74 Å². The van der Waals surface area contributed by atoms with E-state index in [9.17, 15) is 18.0 Å². The Kier molecular flexibility index (Phi) is 5.02. The molecule has 0 N–H and O–H groups in total. The molecule has 0 spiro atoms. The van der Waals surface area contributed by atoms with Crippen molar-refractivity contribution >= 4 is 11.4 Å². The summed E-state index contributed by atoms with van der Waals surface area (Å²) in [5.74, 6) is 0.491. The van der Waals surface area contributed by atoms with Gasteiger partial charge in [-0.25, -0.2) is 0 Å². The van der Waals surface area contributed by atoms with Crippen LogP contribution in [0.1, 0.15) is 29.9 Å². The molecular formula is C20H17F3O3. The van der Waals surface area contributed by atoms with E-state index in [-0.39, 0.29) is 17.5 Å². The Hall–Kier alpha value is -2.76. The number of hydrogen-bond donors (Lipinski definition) is 0. The van der Waals surface area contributed by atoms with Gasteiger partial charge in [0.05, 0.1) is 7.11 Å². The molecule has 26 heavy (non-hydrogen) atoms. The molecule has 2 aromatic carbocycles. The van der Waals surface area contributed by atoms with Crippen LogP contribution in [0.2, 0.25) is 0 Å². The van der Waals surface area contributed by atoms with E-state index in [1.807, 2.05) is 24.3 Å². The van der Waals surface area contributed by atoms with Crippen molar-refractivity contribution in [2.45, 2.75) is 25.1 Å². The Morgan fingerprint density at radius 2 is 1.54 bits per heavy atom. The van der Waals surface area contributed by atoms with Gasteiger partial charge < -0.3 is 9.47 Å². The fourth-order valence-corrected chi connectivity index (χ4v) is 3.08. The lowest BCUT2D eigenvalue weighted by molar-refractivity contribution is -0.274. The van der Waals surface area contributed by atoms with Crippen LogP contribution in [0.3, 0.4) is 0 Å². The largest absolute Gasteiger partial charge is 0.573 e. The minimum Gasteiger partial charge on any atom is -0.497 e. The van der Waals surface area contributed by atoms with E-state index in [0.717, 1.165) is 16.9 Å². The maximum Gasteiger partial charge on any atom is 0.573 e. The van der Waals surface area contributed by atoms with Gasteiger partial charge in [-0.15, -0.1) is 13.2 Å². The summed E-state index contributed by atoms with van der Waals surface area (Å²) in [6, 6.07) is 13.1. The number of ether oxygens (including phenoxy) is 2. The molecule has 3 nitrogen and oxygen atoms in total. The summed E-state index contributed by atoms with van der Waals surface area (Å²) in [7, 11) is 1.59. The molecule has 6 heteroatoms. The van der Waals surface area contributed by atoms with Crippen LogP contribution >= 0.6 is 0 Å². The van der Waals surface area contributed by atoms with Gasteiger partial charge in [0.1, 0.15) is 11.5 Å². The molecule has 0 radical (unpaired) electrons. The first kappa shape index (κ1) is 18.0. The van der Waals surface area contributed by atoms with Crippen molar-refractivity contribution in [3.63, 3.8) is 0 Å². The number of halogens is 3. The van der Waals surface area contributed by atoms with Crippen LogP contribution in [0, 0.1) is 0 Å². The van der Waals surface area contributed by atoms with Crippen LogP contribution in [0.25, 0.3) is 5.57 Å². The second-order valence-corrected chi connectivity index (χ2v) is 6.09. The second kappa shape index (κ2) is 7.23. The zero-order chi connectivity index (χ0) is 18.7. The number of carbonyl (C=O) groups excluding carboxylic acids is 1. The first-order chi connectivity index (χ1) is 12.3. The fraction of sp³-hybridized carbons (Fsp3) is 0.250. The van der Waals surface area contributed by atoms with Gasteiger partial charge in [-0.05, 0) is 59.4 Å². The molecule has 2 aromatic rings. The highest BCUT2D eigenvalue weighted by Crippen LogP contribution is 2.37. The zero-order valence-corrected chi connectivity index (χ0v) is 14.0. The maximum atomic E-state index is 12.3. The van der Waals surface area contributed by atoms with Gasteiger partial charge in [0.2, 0.25) is 0 Å². The molecule has 0 saturated heterocycles. The Balaban J connectivity index is 1.78. The molecule has 1 aliphatic carbocycles. The van der Waals surface area contributed by atoms with Crippen molar-refractivity contribution in [2.24, 2.45) is 0 Å². The topological polar surface area (TPSA) is 35.5 Å². The molecule has 0 aliphatic heterocycles. The van der Waals surface area contributed by atoms with E-state index < -0.39 is 6.36 Å². The standard InChI is InChI=1S/C20H17F3O3/c1-25-18-6-2-13(3-7-18)15-10-16(12-17(24)11-15)14-4-8-19(9-5-14)26-20(21,22)23/h2-9,12,15H,10-11H2,1H3/t15-/m1/s1. The van der Waals surface area contributed by atoms with Crippen LogP contribution in [0.15, 0.2) is 54.6 Å². The van der Waals surface area contributed by atoms with E-state index >= 15 is 0 Å². The number of rotatable bonds is 4. The SMILES string of the molecule is COc1ccc([C@H]2CC(=O)C=C(c3ccc(OC(F)(F)F)cc3)C2)cc1. The molecule has 0 amide bonds. The molecule has 0 bridgehead atoms. The fourth-order valence-electron chi connectivity index (χ4n) is 3.08. The predicted octanol–water partition coefficient (Wildman–Crippen LogP) is 5.12. The lowest BCUT2D eigenvalue weighted by atomic mass is 9.81. The van der Waals surface area contributed by atoms with E-state index in [0.29, 0.717) is 18.4 Å². The third-order valence-corrected chi connectivity index (χ3v) is 4.30. The summed E-state index contributed by atoms with van der Waals surface area (Å²) in [5, 5.41) is 0. The van der Waals surface area contributed by atoms with Gasteiger partial charge >= 0.3 is 6.36 Å². The number of ketones is 1. The van der Waals surface area contributed by atoms with Crippen molar-refractivity contribution in [2.75, 3.05) is 7.11 Å². The minimum atomic E-state index is -4.72. The number of carbonyl (C=O) groups is 1. The van der Waals surface area contributed by atoms with E-state index in [1.54, 1.807) is 13.2 Å². The van der Waals surface area contributed by atoms with Crippen molar-refractivity contribution in [3.05, 3.63) is 65.7 Å². The lowest BCUT2D eigenvalue weighted by Crippen LogP contribution is -2.17. The molecule has 1 aliphatic rings. The zero-order valence-electron chi connectivity index (χ0n) is 14.0. The summed E-state index contributed by atoms with van der Waals surface area (Å²) in [6.45, 7) is 0. The van der Waals surface area contributed by atoms with Crippen molar-refractivity contribution in [3.8, 4) is 11.5 Å². The highest BCUT2D eigenvalue weighted by atomic mass is 19.4. The first-order valence-electron chi connectivity index (χ1n) is 8.07. The molecule has 0 fully saturated rings. The van der Waals surface area contributed by atoms with Crippen molar-refractivity contribution in [1.29, 1.82) is 0 Å². The number of benzene rings is 2. The summed E-state index contributed by atoms with van der Waals surface area (Å²) in [6.07, 6.45) is -2.11. The molecule has 1 atom stereocenters. The van der Waals surface area contributed by atoms with Gasteiger partial charge in [-0.2, -0.15) is 0 Å². The normalized spacial score (nSPS) is 17.6. The number of methoxy groups -OCH3 is 1. The van der Waals surface area contributed by atoms with E-state index in [2.05, 4.69) is 4.74 Å². The third-order valence-electron chi connectivity index (χ3n) is 4.30. The molecule has 0 heterocycles. The summed E-state index contributed by atoms with van der Waals surface area (Å²) in [5.41, 5.74) is 2.55. The van der Waals surface area contributed by atoms with Crippen LogP contribution in [-0.2, 0) is 4.79 Å². The molecule has 3 rings (SSSR count). The van der Waals surface area contributed by atoms with Crippen LogP contribution in [0.4, 0.5) is 13.2 Å². The van der Waals surface area contributed by atoms with Crippen molar-refractivity contribution in [1.82, 2.24) is 0 Å². The van der Waals surface area contributed by atoms with E-state index in [1.165, 1.54) is 24.3 Å². The summed E-state index contributed by atoms with van der Waals surface area (Å²) < 4.78 is 45.8. The van der Waals surface area contributed by atoms with Gasteiger partial charge in [0.25, 0.3) is 0 Å². The first-order valence-corrected chi connectivity index (χ1v) is 8.07. The number of alkyl halides is 3. The summed E-state index contributed by atoms with van der Waals surface area (Å²) >= 11 is 0. The number of hydrogen-bond acceptors (Lipinski definition) is 3. The van der Waals surface area contributed by atoms with Gasteiger partial charge in [-0.3, -0.25) is 4.79 Å². The molecule has 0 unspecified atom stereocenters. The Morgan fingerprint density at radius 1 is 0.923 bits per heavy atom. The minimum absolute atomic E-state index is 0.00249. The van der Waals surface area contributed by atoms with Gasteiger partial charge in [0, 0.05) is 6.42 Å². The Bertz CT molecular complexity index is 806. The predicted molar refractivity (Wildman–Crippen MR) is 91.1 cm³/mol. The Morgan fingerprint density at radius 3 is 2.12 bits per heavy atom. The smallest absolute Gasteiger partial charge is 0.497 e. The van der Waals surface area contributed by atoms with Gasteiger partial charge in [-0.1, -0.05) is 24.3 Å². The Labute approximate surface area is 149 Å². The summed E-state index contributed by atoms with van der Waals surface area (Å²) in [4.78, 5) is 12.1. The highest BCUT2D eigenvalue weighted by molar-refractivity contribution is 5.99. The maximum absolute atomic E-state index is 12.3. The molecule has 136 valence electrons. The van der Waals surface area contributed by atoms with Gasteiger partial charge in [0.15, 0.2) is 5.78 Å². The average Bonchev–Trinajstić information content (AvgIpc) is 2.60. The number of allylic oxidation sites excluding steroid dienone is 2. The molecule has 0 aromatic heterocycles. The highest BCUT2D eigenvalue weighted by Gasteiger charge is 2.31.